The van der Waals surface area contributed by atoms with Crippen LogP contribution in [0.1, 0.15) is 34.7 Å². The van der Waals surface area contributed by atoms with Gasteiger partial charge in [0.1, 0.15) is 0 Å². The van der Waals surface area contributed by atoms with E-state index in [1.165, 1.54) is 27.2 Å². The highest BCUT2D eigenvalue weighted by Crippen LogP contribution is 2.47. The zero-order chi connectivity index (χ0) is 15.3. The Kier molecular flexibility index (Phi) is 3.36. The van der Waals surface area contributed by atoms with E-state index in [0.717, 1.165) is 6.42 Å². The van der Waals surface area contributed by atoms with Crippen molar-refractivity contribution in [3.63, 3.8) is 0 Å². The van der Waals surface area contributed by atoms with Crippen LogP contribution in [0.25, 0.3) is 0 Å². The highest BCUT2D eigenvalue weighted by Gasteiger charge is 2.58. The van der Waals surface area contributed by atoms with Gasteiger partial charge >= 0.3 is 0 Å². The first-order valence-electron chi connectivity index (χ1n) is 7.54. The van der Waals surface area contributed by atoms with Crippen LogP contribution in [-0.2, 0) is 9.59 Å². The molecule has 2 fully saturated rings. The number of benzene rings is 1. The summed E-state index contributed by atoms with van der Waals surface area (Å²) in [4.78, 5) is 25.7. The van der Waals surface area contributed by atoms with Gasteiger partial charge in [0, 0.05) is 6.54 Å². The van der Waals surface area contributed by atoms with Gasteiger partial charge in [0.25, 0.3) is 0 Å². The fourth-order valence-electron chi connectivity index (χ4n) is 3.68. The summed E-state index contributed by atoms with van der Waals surface area (Å²) in [6, 6.07) is 4.30. The number of likely N-dealkylation sites (tertiary alicyclic amines) is 1. The van der Waals surface area contributed by atoms with Gasteiger partial charge in [-0.1, -0.05) is 17.7 Å². The van der Waals surface area contributed by atoms with E-state index in [0.29, 0.717) is 6.54 Å². The first kappa shape index (κ1) is 14.3. The molecule has 112 valence electrons. The van der Waals surface area contributed by atoms with Crippen molar-refractivity contribution in [2.24, 2.45) is 11.8 Å². The van der Waals surface area contributed by atoms with Crippen molar-refractivity contribution in [3.8, 4) is 0 Å². The molecule has 3 atom stereocenters. The summed E-state index contributed by atoms with van der Waals surface area (Å²) in [6.07, 6.45) is 0.765. The number of hydrogen-bond donors (Lipinski definition) is 1. The highest BCUT2D eigenvalue weighted by molar-refractivity contribution is 6.08. The summed E-state index contributed by atoms with van der Waals surface area (Å²) in [7, 11) is 1.88. The fourth-order valence-corrected chi connectivity index (χ4v) is 3.68. The van der Waals surface area contributed by atoms with Crippen LogP contribution in [0.15, 0.2) is 12.1 Å². The summed E-state index contributed by atoms with van der Waals surface area (Å²) >= 11 is 0. The smallest absolute Gasteiger partial charge is 0.233 e. The number of aryl methyl sites for hydroxylation is 3. The van der Waals surface area contributed by atoms with E-state index >= 15 is 0 Å². The average molecular weight is 286 g/mol. The summed E-state index contributed by atoms with van der Waals surface area (Å²) in [5, 5.41) is 3.27. The lowest BCUT2D eigenvalue weighted by molar-refractivity contribution is -0.141. The van der Waals surface area contributed by atoms with Crippen LogP contribution in [0.4, 0.5) is 0 Å². The number of nitrogens with one attached hydrogen (secondary N) is 1. The van der Waals surface area contributed by atoms with E-state index in [2.05, 4.69) is 38.2 Å². The molecule has 1 N–H and O–H groups in total. The Morgan fingerprint density at radius 2 is 1.67 bits per heavy atom. The van der Waals surface area contributed by atoms with E-state index in [-0.39, 0.29) is 29.7 Å². The standard InChI is InChI=1S/C17H22N2O2/c1-9-5-10(2)15(11(3)6-9)14(18-4)8-19-16(20)12-7-13(12)17(19)21/h5-6,12-14,18H,7-8H2,1-4H3. The zero-order valence-electron chi connectivity index (χ0n) is 13.1. The molecule has 4 nitrogen and oxygen atoms in total. The molecule has 0 radical (unpaired) electrons. The van der Waals surface area contributed by atoms with Gasteiger partial charge in [-0.25, -0.2) is 0 Å². The molecule has 0 bridgehead atoms. The van der Waals surface area contributed by atoms with Crippen LogP contribution in [-0.4, -0.2) is 30.3 Å². The molecule has 3 rings (SSSR count). The Hall–Kier alpha value is -1.68. The molecular formula is C17H22N2O2. The molecule has 21 heavy (non-hydrogen) atoms. The van der Waals surface area contributed by atoms with Gasteiger partial charge in [-0.05, 0) is 50.9 Å². The summed E-state index contributed by atoms with van der Waals surface area (Å²) < 4.78 is 0. The minimum Gasteiger partial charge on any atom is -0.312 e. The number of fused-ring (bicyclic) bond motifs is 1. The molecule has 0 aromatic heterocycles. The maximum atomic E-state index is 12.1. The number of piperidine rings is 1. The zero-order valence-corrected chi connectivity index (χ0v) is 13.1. The monoisotopic (exact) mass is 286 g/mol. The molecule has 1 saturated heterocycles. The number of hydrogen-bond acceptors (Lipinski definition) is 3. The van der Waals surface area contributed by atoms with Crippen LogP contribution in [0.3, 0.4) is 0 Å². The minimum atomic E-state index is -0.0183. The number of imide groups is 1. The minimum absolute atomic E-state index is 0.00370. The van der Waals surface area contributed by atoms with Gasteiger partial charge in [-0.3, -0.25) is 14.5 Å². The number of carbonyl (C=O) groups excluding carboxylic acids is 2. The predicted molar refractivity (Wildman–Crippen MR) is 80.8 cm³/mol. The van der Waals surface area contributed by atoms with Gasteiger partial charge < -0.3 is 5.32 Å². The topological polar surface area (TPSA) is 49.4 Å². The van der Waals surface area contributed by atoms with Crippen LogP contribution >= 0.6 is 0 Å². The number of rotatable bonds is 4. The van der Waals surface area contributed by atoms with Crippen LogP contribution < -0.4 is 5.32 Å². The summed E-state index contributed by atoms with van der Waals surface area (Å²) in [5.41, 5.74) is 4.84. The van der Waals surface area contributed by atoms with Crippen LogP contribution in [0.2, 0.25) is 0 Å². The predicted octanol–water partition coefficient (Wildman–Crippen LogP) is 1.88. The van der Waals surface area contributed by atoms with Gasteiger partial charge in [0.15, 0.2) is 0 Å². The third kappa shape index (κ3) is 2.27. The Morgan fingerprint density at radius 1 is 1.14 bits per heavy atom. The molecule has 0 spiro atoms. The molecule has 2 amide bonds. The molecule has 1 aromatic carbocycles. The largest absolute Gasteiger partial charge is 0.312 e. The van der Waals surface area contributed by atoms with Crippen molar-refractivity contribution in [2.75, 3.05) is 13.6 Å². The van der Waals surface area contributed by atoms with Crippen molar-refractivity contribution in [2.45, 2.75) is 33.2 Å². The fraction of sp³-hybridized carbons (Fsp3) is 0.529. The maximum absolute atomic E-state index is 12.1. The van der Waals surface area contributed by atoms with Crippen molar-refractivity contribution in [1.82, 2.24) is 10.2 Å². The molecule has 3 unspecified atom stereocenters. The van der Waals surface area contributed by atoms with E-state index in [4.69, 9.17) is 0 Å². The van der Waals surface area contributed by atoms with Crippen LogP contribution in [0.5, 0.6) is 0 Å². The number of nitrogens with zero attached hydrogens (tertiary/aromatic N) is 1. The molecular weight excluding hydrogens is 264 g/mol. The Balaban J connectivity index is 1.86. The van der Waals surface area contributed by atoms with Crippen molar-refractivity contribution in [3.05, 3.63) is 34.4 Å². The molecule has 1 aliphatic heterocycles. The quantitative estimate of drug-likeness (QED) is 0.860. The van der Waals surface area contributed by atoms with Gasteiger partial charge in [-0.15, -0.1) is 0 Å². The van der Waals surface area contributed by atoms with Crippen molar-refractivity contribution in [1.29, 1.82) is 0 Å². The molecule has 2 aliphatic rings. The average Bonchev–Trinajstić information content (AvgIpc) is 3.16. The van der Waals surface area contributed by atoms with E-state index in [9.17, 15) is 9.59 Å². The second-order valence-corrected chi connectivity index (χ2v) is 6.39. The third-order valence-corrected chi connectivity index (χ3v) is 4.76. The third-order valence-electron chi connectivity index (χ3n) is 4.76. The lowest BCUT2D eigenvalue weighted by Gasteiger charge is -2.26. The van der Waals surface area contributed by atoms with E-state index in [1.807, 2.05) is 7.05 Å². The summed E-state index contributed by atoms with van der Waals surface area (Å²) in [5.74, 6) is 0.00534. The second kappa shape index (κ2) is 4.95. The normalized spacial score (nSPS) is 25.2. The summed E-state index contributed by atoms with van der Waals surface area (Å²) in [6.45, 7) is 6.70. The van der Waals surface area contributed by atoms with Crippen molar-refractivity contribution < 1.29 is 9.59 Å². The second-order valence-electron chi connectivity index (χ2n) is 6.39. The molecule has 1 aromatic rings. The molecule has 1 saturated carbocycles. The molecule has 1 heterocycles. The van der Waals surface area contributed by atoms with Crippen LogP contribution in [0, 0.1) is 32.6 Å². The van der Waals surface area contributed by atoms with Gasteiger partial charge in [-0.2, -0.15) is 0 Å². The highest BCUT2D eigenvalue weighted by atomic mass is 16.2. The Bertz CT molecular complexity index is 580. The molecule has 1 aliphatic carbocycles. The number of amides is 2. The first-order chi connectivity index (χ1) is 9.93. The van der Waals surface area contributed by atoms with E-state index < -0.39 is 0 Å². The first-order valence-corrected chi connectivity index (χ1v) is 7.54. The van der Waals surface area contributed by atoms with Gasteiger partial charge in [0.2, 0.25) is 11.8 Å². The van der Waals surface area contributed by atoms with Gasteiger partial charge in [0.05, 0.1) is 17.9 Å². The maximum Gasteiger partial charge on any atom is 0.233 e. The lowest BCUT2D eigenvalue weighted by Crippen LogP contribution is -2.40. The number of likely N-dealkylation sites (N-methyl/N-ethyl adjacent to an activating group) is 1. The lowest BCUT2D eigenvalue weighted by atomic mass is 9.93. The Morgan fingerprint density at radius 3 is 2.14 bits per heavy atom. The van der Waals surface area contributed by atoms with Crippen molar-refractivity contribution >= 4 is 11.8 Å². The molecule has 4 heteroatoms. The number of carbonyl (C=O) groups is 2. The SMILES string of the molecule is CNC(CN1C(=O)C2CC2C1=O)c1c(C)cc(C)cc1C. The Labute approximate surface area is 125 Å². The van der Waals surface area contributed by atoms with E-state index in [1.54, 1.807) is 0 Å².